The lowest BCUT2D eigenvalue weighted by molar-refractivity contribution is -0.132. The topological polar surface area (TPSA) is 52.7 Å². The third-order valence-electron chi connectivity index (χ3n) is 2.93. The first-order valence-electron chi connectivity index (χ1n) is 6.16. The van der Waals surface area contributed by atoms with Gasteiger partial charge in [0, 0.05) is 39.6 Å². The molecule has 98 valence electrons. The van der Waals surface area contributed by atoms with E-state index in [-0.39, 0.29) is 17.9 Å². The molecule has 1 heterocycles. The van der Waals surface area contributed by atoms with Crippen molar-refractivity contribution in [2.24, 2.45) is 0 Å². The molecule has 0 aromatic heterocycles. The van der Waals surface area contributed by atoms with Crippen LogP contribution in [0.3, 0.4) is 0 Å². The molecule has 1 aliphatic rings. The van der Waals surface area contributed by atoms with Crippen molar-refractivity contribution in [3.8, 4) is 0 Å². The molecular formula is C12H23N3O2. The second-order valence-corrected chi connectivity index (χ2v) is 5.03. The van der Waals surface area contributed by atoms with Crippen molar-refractivity contribution in [2.75, 3.05) is 27.2 Å². The molecule has 1 aliphatic heterocycles. The van der Waals surface area contributed by atoms with Crippen molar-refractivity contribution in [1.29, 1.82) is 0 Å². The Balaban J connectivity index is 2.37. The molecule has 5 nitrogen and oxygen atoms in total. The molecule has 1 N–H and O–H groups in total. The SMILES string of the molecule is CC(C)NC1CCN(CCC(=O)N(C)C)C1=O. The van der Waals surface area contributed by atoms with Gasteiger partial charge in [-0.3, -0.25) is 9.59 Å². The number of carbonyl (C=O) groups excluding carboxylic acids is 2. The zero-order valence-corrected chi connectivity index (χ0v) is 11.2. The lowest BCUT2D eigenvalue weighted by Crippen LogP contribution is -2.42. The fourth-order valence-corrected chi connectivity index (χ4v) is 1.97. The number of hydrogen-bond donors (Lipinski definition) is 1. The minimum atomic E-state index is -0.0653. The van der Waals surface area contributed by atoms with Gasteiger partial charge in [-0.25, -0.2) is 0 Å². The smallest absolute Gasteiger partial charge is 0.239 e. The number of carbonyl (C=O) groups is 2. The zero-order valence-electron chi connectivity index (χ0n) is 11.2. The van der Waals surface area contributed by atoms with Gasteiger partial charge in [0.1, 0.15) is 0 Å². The van der Waals surface area contributed by atoms with E-state index in [0.717, 1.165) is 13.0 Å². The van der Waals surface area contributed by atoms with Gasteiger partial charge >= 0.3 is 0 Å². The number of nitrogens with one attached hydrogen (secondary N) is 1. The summed E-state index contributed by atoms with van der Waals surface area (Å²) < 4.78 is 0. The molecule has 0 bridgehead atoms. The zero-order chi connectivity index (χ0) is 13.0. The van der Waals surface area contributed by atoms with Crippen molar-refractivity contribution < 1.29 is 9.59 Å². The minimum absolute atomic E-state index is 0.0653. The lowest BCUT2D eigenvalue weighted by atomic mass is 10.2. The van der Waals surface area contributed by atoms with Crippen LogP contribution in [0.5, 0.6) is 0 Å². The van der Waals surface area contributed by atoms with E-state index >= 15 is 0 Å². The van der Waals surface area contributed by atoms with Crippen LogP contribution in [-0.2, 0) is 9.59 Å². The summed E-state index contributed by atoms with van der Waals surface area (Å²) >= 11 is 0. The number of amides is 2. The van der Waals surface area contributed by atoms with E-state index in [2.05, 4.69) is 5.32 Å². The molecule has 17 heavy (non-hydrogen) atoms. The largest absolute Gasteiger partial charge is 0.349 e. The van der Waals surface area contributed by atoms with Gasteiger partial charge in [0.05, 0.1) is 6.04 Å². The van der Waals surface area contributed by atoms with E-state index in [1.165, 1.54) is 0 Å². The number of nitrogens with zero attached hydrogens (tertiary/aromatic N) is 2. The number of rotatable bonds is 5. The van der Waals surface area contributed by atoms with Crippen LogP contribution in [0, 0.1) is 0 Å². The third kappa shape index (κ3) is 4.00. The Bertz CT molecular complexity index is 289. The summed E-state index contributed by atoms with van der Waals surface area (Å²) in [5.41, 5.74) is 0. The summed E-state index contributed by atoms with van der Waals surface area (Å²) in [6.45, 7) is 5.35. The van der Waals surface area contributed by atoms with Crippen molar-refractivity contribution in [1.82, 2.24) is 15.1 Å². The van der Waals surface area contributed by atoms with Gasteiger partial charge in [-0.1, -0.05) is 13.8 Å². The van der Waals surface area contributed by atoms with Gasteiger partial charge in [-0.15, -0.1) is 0 Å². The second kappa shape index (κ2) is 6.00. The molecule has 1 rings (SSSR count). The van der Waals surface area contributed by atoms with Crippen LogP contribution in [0.15, 0.2) is 0 Å². The maximum absolute atomic E-state index is 12.0. The Morgan fingerprint density at radius 1 is 1.53 bits per heavy atom. The number of hydrogen-bond acceptors (Lipinski definition) is 3. The summed E-state index contributed by atoms with van der Waals surface area (Å²) in [5.74, 6) is 0.198. The molecule has 1 unspecified atom stereocenters. The predicted octanol–water partition coefficient (Wildman–Crippen LogP) is 0.0636. The molecular weight excluding hydrogens is 218 g/mol. The predicted molar refractivity (Wildman–Crippen MR) is 66.6 cm³/mol. The van der Waals surface area contributed by atoms with Gasteiger partial charge in [0.25, 0.3) is 0 Å². The van der Waals surface area contributed by atoms with Crippen molar-refractivity contribution in [3.63, 3.8) is 0 Å². The summed E-state index contributed by atoms with van der Waals surface area (Å²) in [6.07, 6.45) is 1.25. The fraction of sp³-hybridized carbons (Fsp3) is 0.833. The van der Waals surface area contributed by atoms with Crippen LogP contribution in [-0.4, -0.2) is 60.9 Å². The van der Waals surface area contributed by atoms with Crippen molar-refractivity contribution in [2.45, 2.75) is 38.8 Å². The van der Waals surface area contributed by atoms with Gasteiger partial charge in [-0.05, 0) is 6.42 Å². The quantitative estimate of drug-likeness (QED) is 0.741. The highest BCUT2D eigenvalue weighted by atomic mass is 16.2. The summed E-state index contributed by atoms with van der Waals surface area (Å²) in [7, 11) is 3.47. The van der Waals surface area contributed by atoms with Crippen LogP contribution in [0.25, 0.3) is 0 Å². The molecule has 0 saturated carbocycles. The first-order chi connectivity index (χ1) is 7.91. The van der Waals surface area contributed by atoms with Crippen LogP contribution in [0.4, 0.5) is 0 Å². The van der Waals surface area contributed by atoms with Crippen LogP contribution in [0.2, 0.25) is 0 Å². The molecule has 1 saturated heterocycles. The first-order valence-corrected chi connectivity index (χ1v) is 6.16. The van der Waals surface area contributed by atoms with Crippen molar-refractivity contribution >= 4 is 11.8 Å². The monoisotopic (exact) mass is 241 g/mol. The Morgan fingerprint density at radius 2 is 2.18 bits per heavy atom. The van der Waals surface area contributed by atoms with Crippen LogP contribution < -0.4 is 5.32 Å². The molecule has 0 radical (unpaired) electrons. The minimum Gasteiger partial charge on any atom is -0.349 e. The molecule has 0 aromatic rings. The normalized spacial score (nSPS) is 20.2. The third-order valence-corrected chi connectivity index (χ3v) is 2.93. The average molecular weight is 241 g/mol. The summed E-state index contributed by atoms with van der Waals surface area (Å²) in [5, 5.41) is 3.25. The molecule has 5 heteroatoms. The fourth-order valence-electron chi connectivity index (χ4n) is 1.97. The van der Waals surface area contributed by atoms with E-state index < -0.39 is 0 Å². The van der Waals surface area contributed by atoms with Gasteiger partial charge < -0.3 is 15.1 Å². The summed E-state index contributed by atoms with van der Waals surface area (Å²) in [6, 6.07) is 0.247. The summed E-state index contributed by atoms with van der Waals surface area (Å²) in [4.78, 5) is 26.7. The molecule has 0 aromatic carbocycles. The molecule has 2 amide bonds. The van der Waals surface area contributed by atoms with E-state index in [0.29, 0.717) is 19.0 Å². The van der Waals surface area contributed by atoms with E-state index in [9.17, 15) is 9.59 Å². The molecule has 1 atom stereocenters. The highest BCUT2D eigenvalue weighted by molar-refractivity contribution is 5.84. The van der Waals surface area contributed by atoms with Gasteiger partial charge in [-0.2, -0.15) is 0 Å². The van der Waals surface area contributed by atoms with Crippen molar-refractivity contribution in [3.05, 3.63) is 0 Å². The molecule has 0 aliphatic carbocycles. The highest BCUT2D eigenvalue weighted by Crippen LogP contribution is 2.12. The van der Waals surface area contributed by atoms with E-state index in [1.54, 1.807) is 23.9 Å². The maximum Gasteiger partial charge on any atom is 0.239 e. The lowest BCUT2D eigenvalue weighted by Gasteiger charge is -2.19. The maximum atomic E-state index is 12.0. The Morgan fingerprint density at radius 3 is 2.71 bits per heavy atom. The Kier molecular flexibility index (Phi) is 4.93. The van der Waals surface area contributed by atoms with E-state index in [1.807, 2.05) is 13.8 Å². The van der Waals surface area contributed by atoms with Gasteiger partial charge in [0.2, 0.25) is 11.8 Å². The highest BCUT2D eigenvalue weighted by Gasteiger charge is 2.31. The van der Waals surface area contributed by atoms with Gasteiger partial charge in [0.15, 0.2) is 0 Å². The Labute approximate surface area is 103 Å². The second-order valence-electron chi connectivity index (χ2n) is 5.03. The standard InChI is InChI=1S/C12H23N3O2/c1-9(2)13-10-5-7-15(12(10)17)8-6-11(16)14(3)4/h9-10,13H,5-8H2,1-4H3. The van der Waals surface area contributed by atoms with E-state index in [4.69, 9.17) is 0 Å². The number of likely N-dealkylation sites (tertiary alicyclic amines) is 1. The van der Waals surface area contributed by atoms with Crippen LogP contribution >= 0.6 is 0 Å². The van der Waals surface area contributed by atoms with Crippen LogP contribution in [0.1, 0.15) is 26.7 Å². The molecule has 1 fully saturated rings. The molecule has 0 spiro atoms. The first kappa shape index (κ1) is 14.0. The Hall–Kier alpha value is -1.10. The average Bonchev–Trinajstić information content (AvgIpc) is 2.56.